The minimum absolute atomic E-state index is 0.0895. The highest BCUT2D eigenvalue weighted by atomic mass is 19.3. The van der Waals surface area contributed by atoms with Crippen LogP contribution in [0.2, 0.25) is 0 Å². The van der Waals surface area contributed by atoms with Crippen LogP contribution in [0, 0.1) is 29.1 Å². The van der Waals surface area contributed by atoms with E-state index in [-0.39, 0.29) is 17.9 Å². The van der Waals surface area contributed by atoms with Gasteiger partial charge in [0.15, 0.2) is 17.4 Å². The third-order valence-corrected chi connectivity index (χ3v) is 3.86. The Balaban J connectivity index is 2.21. The zero-order chi connectivity index (χ0) is 20.6. The maximum Gasteiger partial charge on any atom is 0.387 e. The molecule has 0 atom stereocenters. The highest BCUT2D eigenvalue weighted by Crippen LogP contribution is 2.37. The van der Waals surface area contributed by atoms with Gasteiger partial charge in [-0.15, -0.1) is 0 Å². The highest BCUT2D eigenvalue weighted by molar-refractivity contribution is 5.90. The number of benzene rings is 3. The molecule has 0 fully saturated rings. The van der Waals surface area contributed by atoms with Crippen molar-refractivity contribution >= 4 is 10.8 Å². The van der Waals surface area contributed by atoms with Gasteiger partial charge in [0.25, 0.3) is 0 Å². The quantitative estimate of drug-likeness (QED) is 0.472. The van der Waals surface area contributed by atoms with Gasteiger partial charge in [-0.05, 0) is 36.1 Å². The first-order valence-electron chi connectivity index (χ1n) is 7.91. The van der Waals surface area contributed by atoms with Crippen molar-refractivity contribution in [3.8, 4) is 22.6 Å². The second kappa shape index (κ2) is 7.57. The van der Waals surface area contributed by atoms with E-state index >= 15 is 0 Å². The smallest absolute Gasteiger partial charge is 0.387 e. The number of halogens is 7. The summed E-state index contributed by atoms with van der Waals surface area (Å²) in [7, 11) is 0. The maximum atomic E-state index is 14.4. The predicted octanol–water partition coefficient (Wildman–Crippen LogP) is 6.20. The van der Waals surface area contributed by atoms with Gasteiger partial charge in [-0.25, -0.2) is 22.0 Å². The Labute approximate surface area is 154 Å². The molecule has 3 rings (SSSR count). The Bertz CT molecular complexity index is 1030. The molecule has 0 bridgehead atoms. The van der Waals surface area contributed by atoms with Crippen LogP contribution >= 0.6 is 0 Å². The largest absolute Gasteiger partial charge is 0.494 e. The molecule has 9 heteroatoms. The van der Waals surface area contributed by atoms with Gasteiger partial charge in [-0.2, -0.15) is 8.78 Å². The lowest BCUT2D eigenvalue weighted by atomic mass is 9.99. The van der Waals surface area contributed by atoms with Crippen molar-refractivity contribution in [2.45, 2.75) is 13.5 Å². The number of fused-ring (bicyclic) bond motifs is 1. The predicted molar refractivity (Wildman–Crippen MR) is 87.0 cm³/mol. The van der Waals surface area contributed by atoms with E-state index in [4.69, 9.17) is 4.74 Å². The number of ether oxygens (including phenoxy) is 2. The van der Waals surface area contributed by atoms with Crippen LogP contribution in [0.4, 0.5) is 30.7 Å². The van der Waals surface area contributed by atoms with Gasteiger partial charge in [-0.3, -0.25) is 0 Å². The first kappa shape index (κ1) is 19.8. The molecule has 0 saturated carbocycles. The first-order valence-corrected chi connectivity index (χ1v) is 7.91. The topological polar surface area (TPSA) is 18.5 Å². The molecular weight excluding hydrogens is 393 g/mol. The van der Waals surface area contributed by atoms with Crippen LogP contribution in [0.15, 0.2) is 30.3 Å². The van der Waals surface area contributed by atoms with Crippen molar-refractivity contribution < 1.29 is 40.2 Å². The summed E-state index contributed by atoms with van der Waals surface area (Å²) in [5, 5.41) is -1.29. The average molecular weight is 404 g/mol. The zero-order valence-electron chi connectivity index (χ0n) is 14.1. The Morgan fingerprint density at radius 3 is 2.04 bits per heavy atom. The molecule has 0 amide bonds. The molecule has 0 unspecified atom stereocenters. The summed E-state index contributed by atoms with van der Waals surface area (Å²) in [5.41, 5.74) is -0.984. The highest BCUT2D eigenvalue weighted by Gasteiger charge is 2.23. The normalized spacial score (nSPS) is 11.3. The molecule has 0 radical (unpaired) electrons. The van der Waals surface area contributed by atoms with Gasteiger partial charge in [0.2, 0.25) is 0 Å². The van der Waals surface area contributed by atoms with Crippen LogP contribution in [-0.4, -0.2) is 13.2 Å². The van der Waals surface area contributed by atoms with Crippen LogP contribution in [0.3, 0.4) is 0 Å². The molecule has 28 heavy (non-hydrogen) atoms. The van der Waals surface area contributed by atoms with Gasteiger partial charge in [-0.1, -0.05) is 0 Å². The number of hydrogen-bond donors (Lipinski definition) is 0. The van der Waals surface area contributed by atoms with E-state index in [1.807, 2.05) is 0 Å². The fourth-order valence-electron chi connectivity index (χ4n) is 2.81. The molecular formula is C19H11F7O2. The number of rotatable bonds is 5. The van der Waals surface area contributed by atoms with Gasteiger partial charge in [0.05, 0.1) is 17.6 Å². The third-order valence-electron chi connectivity index (χ3n) is 3.86. The van der Waals surface area contributed by atoms with Gasteiger partial charge in [0.1, 0.15) is 23.2 Å². The van der Waals surface area contributed by atoms with Gasteiger partial charge in [0, 0.05) is 12.1 Å². The standard InChI is InChI=1S/C19H11F7O2/c1-2-27-10-6-12(21)15(13(22)7-10)8-3-9-5-14(23)18(28-19(25)26)17(24)16(9)11(20)4-8/h3-7,19H,2H2,1H3. The first-order chi connectivity index (χ1) is 13.2. The molecule has 148 valence electrons. The third kappa shape index (κ3) is 3.56. The lowest BCUT2D eigenvalue weighted by Crippen LogP contribution is -2.06. The Hall–Kier alpha value is -2.97. The van der Waals surface area contributed by atoms with Crippen molar-refractivity contribution in [3.05, 3.63) is 59.4 Å². The van der Waals surface area contributed by atoms with Crippen LogP contribution in [0.5, 0.6) is 11.5 Å². The fraction of sp³-hybridized carbons (Fsp3) is 0.158. The summed E-state index contributed by atoms with van der Waals surface area (Å²) in [6, 6.07) is 3.83. The summed E-state index contributed by atoms with van der Waals surface area (Å²) < 4.78 is 105. The number of hydrogen-bond acceptors (Lipinski definition) is 2. The summed E-state index contributed by atoms with van der Waals surface area (Å²) in [6.45, 7) is -1.77. The van der Waals surface area contributed by atoms with E-state index in [1.165, 1.54) is 0 Å². The lowest BCUT2D eigenvalue weighted by Gasteiger charge is -2.13. The maximum absolute atomic E-state index is 14.4. The molecule has 2 nitrogen and oxygen atoms in total. The Morgan fingerprint density at radius 1 is 0.821 bits per heavy atom. The SMILES string of the molecule is CCOc1cc(F)c(-c2cc(F)c3c(F)c(OC(F)F)c(F)cc3c2)c(F)c1. The number of alkyl halides is 2. The van der Waals surface area contributed by atoms with Gasteiger partial charge < -0.3 is 9.47 Å². The molecule has 0 aliphatic carbocycles. The lowest BCUT2D eigenvalue weighted by molar-refractivity contribution is -0.0544. The van der Waals surface area contributed by atoms with E-state index in [1.54, 1.807) is 6.92 Å². The zero-order valence-corrected chi connectivity index (χ0v) is 14.1. The van der Waals surface area contributed by atoms with E-state index in [0.29, 0.717) is 12.1 Å². The van der Waals surface area contributed by atoms with Crippen LogP contribution < -0.4 is 9.47 Å². The minimum Gasteiger partial charge on any atom is -0.494 e. The molecule has 0 spiro atoms. The average Bonchev–Trinajstić information content (AvgIpc) is 2.57. The van der Waals surface area contributed by atoms with Gasteiger partial charge >= 0.3 is 6.61 Å². The van der Waals surface area contributed by atoms with Crippen molar-refractivity contribution in [3.63, 3.8) is 0 Å². The fourth-order valence-corrected chi connectivity index (χ4v) is 2.81. The second-order valence-corrected chi connectivity index (χ2v) is 5.63. The molecule has 0 saturated heterocycles. The van der Waals surface area contributed by atoms with E-state index < -0.39 is 57.8 Å². The summed E-state index contributed by atoms with van der Waals surface area (Å²) in [5.74, 6) is -8.25. The molecule has 0 aliphatic rings. The van der Waals surface area contributed by atoms with Crippen molar-refractivity contribution in [1.82, 2.24) is 0 Å². The molecule has 0 aliphatic heterocycles. The summed E-state index contributed by atoms with van der Waals surface area (Å²) in [6.07, 6.45) is 0. The Morgan fingerprint density at radius 2 is 1.46 bits per heavy atom. The van der Waals surface area contributed by atoms with Crippen LogP contribution in [0.1, 0.15) is 6.92 Å². The van der Waals surface area contributed by atoms with Crippen molar-refractivity contribution in [1.29, 1.82) is 0 Å². The molecule has 3 aromatic rings. The monoisotopic (exact) mass is 404 g/mol. The summed E-state index contributed by atoms with van der Waals surface area (Å²) >= 11 is 0. The Kier molecular flexibility index (Phi) is 5.35. The molecule has 0 aromatic heterocycles. The summed E-state index contributed by atoms with van der Waals surface area (Å²) in [4.78, 5) is 0. The van der Waals surface area contributed by atoms with Crippen LogP contribution in [-0.2, 0) is 0 Å². The minimum atomic E-state index is -3.53. The molecule has 3 aromatic carbocycles. The second-order valence-electron chi connectivity index (χ2n) is 5.63. The molecule has 0 heterocycles. The van der Waals surface area contributed by atoms with Crippen molar-refractivity contribution in [2.24, 2.45) is 0 Å². The van der Waals surface area contributed by atoms with E-state index in [0.717, 1.165) is 18.2 Å². The van der Waals surface area contributed by atoms with Crippen LogP contribution in [0.25, 0.3) is 21.9 Å². The van der Waals surface area contributed by atoms with Crippen molar-refractivity contribution in [2.75, 3.05) is 6.61 Å². The van der Waals surface area contributed by atoms with E-state index in [2.05, 4.69) is 4.74 Å². The van der Waals surface area contributed by atoms with E-state index in [9.17, 15) is 30.7 Å². The molecule has 0 N–H and O–H groups in total.